The van der Waals surface area contributed by atoms with Gasteiger partial charge in [-0.1, -0.05) is 6.07 Å². The molecule has 0 aromatic heterocycles. The summed E-state index contributed by atoms with van der Waals surface area (Å²) in [7, 11) is 0. The van der Waals surface area contributed by atoms with Crippen molar-refractivity contribution in [3.8, 4) is 0 Å². The molecule has 2 atom stereocenters. The summed E-state index contributed by atoms with van der Waals surface area (Å²) in [6.45, 7) is 0.643. The fourth-order valence-electron chi connectivity index (χ4n) is 3.69. The summed E-state index contributed by atoms with van der Waals surface area (Å²) in [6, 6.07) is 9.02. The highest BCUT2D eigenvalue weighted by atomic mass is 35.5. The number of benzene rings is 2. The number of nitrogens with zero attached hydrogens (tertiary/aromatic N) is 1. The summed E-state index contributed by atoms with van der Waals surface area (Å²) in [4.78, 5) is 14.6. The highest BCUT2D eigenvalue weighted by Crippen LogP contribution is 2.50. The fraction of sp³-hybridized carbons (Fsp3) is 0.316. The monoisotopic (exact) mass is 364 g/mol. The Kier molecular flexibility index (Phi) is 4.69. The molecule has 1 saturated carbocycles. The Labute approximate surface area is 151 Å². The first kappa shape index (κ1) is 17.7. The Morgan fingerprint density at radius 3 is 2.80 bits per heavy atom. The smallest absolute Gasteiger partial charge is 0.230 e. The van der Waals surface area contributed by atoms with E-state index in [1.807, 2.05) is 18.2 Å². The lowest BCUT2D eigenvalue weighted by Gasteiger charge is -2.30. The van der Waals surface area contributed by atoms with Gasteiger partial charge in [-0.2, -0.15) is 0 Å². The van der Waals surface area contributed by atoms with E-state index in [0.717, 1.165) is 36.2 Å². The molecule has 1 amide bonds. The van der Waals surface area contributed by atoms with Crippen LogP contribution in [0, 0.1) is 17.6 Å². The van der Waals surface area contributed by atoms with Gasteiger partial charge < -0.3 is 10.6 Å². The van der Waals surface area contributed by atoms with Crippen molar-refractivity contribution in [2.24, 2.45) is 5.92 Å². The average Bonchev–Trinajstić information content (AvgIpc) is 3.37. The number of halogens is 3. The zero-order valence-electron chi connectivity index (χ0n) is 13.5. The van der Waals surface area contributed by atoms with Crippen LogP contribution in [0.4, 0.5) is 20.2 Å². The first-order chi connectivity index (χ1) is 11.6. The molecule has 2 aromatic rings. The number of hydrogen-bond acceptors (Lipinski definition) is 2. The second-order valence-electron chi connectivity index (χ2n) is 6.55. The maximum atomic E-state index is 13.9. The van der Waals surface area contributed by atoms with Crippen LogP contribution >= 0.6 is 12.4 Å². The Balaban J connectivity index is 0.00000182. The molecule has 0 bridgehead atoms. The Hall–Kier alpha value is -2.14. The fourth-order valence-corrected chi connectivity index (χ4v) is 3.69. The lowest BCUT2D eigenvalue weighted by atomic mass is 9.99. The Morgan fingerprint density at radius 1 is 1.20 bits per heavy atom. The van der Waals surface area contributed by atoms with E-state index in [0.29, 0.717) is 24.2 Å². The molecule has 25 heavy (non-hydrogen) atoms. The van der Waals surface area contributed by atoms with Gasteiger partial charge in [-0.05, 0) is 66.6 Å². The van der Waals surface area contributed by atoms with Crippen molar-refractivity contribution in [1.29, 1.82) is 0 Å². The zero-order chi connectivity index (χ0) is 16.8. The van der Waals surface area contributed by atoms with Crippen molar-refractivity contribution in [2.45, 2.75) is 25.2 Å². The van der Waals surface area contributed by atoms with E-state index in [4.69, 9.17) is 5.73 Å². The molecule has 1 aliphatic carbocycles. The number of rotatable bonds is 2. The molecule has 1 aliphatic heterocycles. The molecular formula is C19H19ClF2N2O. The van der Waals surface area contributed by atoms with Crippen LogP contribution < -0.4 is 10.6 Å². The number of hydrogen-bond donors (Lipinski definition) is 1. The quantitative estimate of drug-likeness (QED) is 0.817. The molecule has 3 nitrogen and oxygen atoms in total. The summed E-state index contributed by atoms with van der Waals surface area (Å²) in [6.07, 6.45) is 2.28. The van der Waals surface area contributed by atoms with Crippen LogP contribution in [0.3, 0.4) is 0 Å². The number of amides is 1. The molecule has 0 spiro atoms. The predicted octanol–water partition coefficient (Wildman–Crippen LogP) is 4.05. The molecular weight excluding hydrogens is 346 g/mol. The van der Waals surface area contributed by atoms with E-state index in [1.54, 1.807) is 4.90 Å². The third kappa shape index (κ3) is 3.09. The number of nitrogens with two attached hydrogens (primary N) is 1. The standard InChI is InChI=1S/C19H18F2N2O.ClH/c20-11-6-7-16(21)14(9-11)13-10-15(13)19(24)23-8-2-3-12-17(22)4-1-5-18(12)23;/h1,4-7,9,13,15H,2-3,8,10,22H2;1H. The molecule has 2 aliphatic rings. The first-order valence-electron chi connectivity index (χ1n) is 8.20. The Bertz CT molecular complexity index is 827. The van der Waals surface area contributed by atoms with E-state index < -0.39 is 11.6 Å². The highest BCUT2D eigenvalue weighted by Gasteiger charge is 2.47. The summed E-state index contributed by atoms with van der Waals surface area (Å²) in [5.41, 5.74) is 8.89. The van der Waals surface area contributed by atoms with Crippen LogP contribution in [-0.2, 0) is 11.2 Å². The minimum absolute atomic E-state index is 0. The van der Waals surface area contributed by atoms with E-state index in [2.05, 4.69) is 0 Å². The topological polar surface area (TPSA) is 46.3 Å². The maximum absolute atomic E-state index is 13.9. The normalized spacial score (nSPS) is 21.3. The molecule has 1 heterocycles. The van der Waals surface area contributed by atoms with Gasteiger partial charge in [0.15, 0.2) is 0 Å². The van der Waals surface area contributed by atoms with Crippen LogP contribution in [0.15, 0.2) is 36.4 Å². The minimum Gasteiger partial charge on any atom is -0.398 e. The van der Waals surface area contributed by atoms with Gasteiger partial charge in [0, 0.05) is 23.8 Å². The van der Waals surface area contributed by atoms with Gasteiger partial charge in [0.1, 0.15) is 11.6 Å². The number of carbonyl (C=O) groups excluding carboxylic acids is 1. The second kappa shape index (κ2) is 6.64. The van der Waals surface area contributed by atoms with Gasteiger partial charge in [-0.15, -0.1) is 12.4 Å². The maximum Gasteiger partial charge on any atom is 0.230 e. The van der Waals surface area contributed by atoms with Gasteiger partial charge >= 0.3 is 0 Å². The van der Waals surface area contributed by atoms with E-state index in [9.17, 15) is 13.6 Å². The second-order valence-corrected chi connectivity index (χ2v) is 6.55. The number of fused-ring (bicyclic) bond motifs is 1. The van der Waals surface area contributed by atoms with E-state index >= 15 is 0 Å². The predicted molar refractivity (Wildman–Crippen MR) is 96.0 cm³/mol. The van der Waals surface area contributed by atoms with E-state index in [1.165, 1.54) is 6.07 Å². The van der Waals surface area contributed by atoms with Crippen LogP contribution in [0.2, 0.25) is 0 Å². The number of carbonyl (C=O) groups is 1. The van der Waals surface area contributed by atoms with Crippen molar-refractivity contribution >= 4 is 29.7 Å². The molecule has 132 valence electrons. The SMILES string of the molecule is Cl.Nc1cccc2c1CCCN2C(=O)C1CC1c1cc(F)ccc1F. The molecule has 2 unspecified atom stereocenters. The summed E-state index contributed by atoms with van der Waals surface area (Å²) in [5, 5.41) is 0. The number of anilines is 2. The molecule has 6 heteroatoms. The third-order valence-corrected chi connectivity index (χ3v) is 5.02. The van der Waals surface area contributed by atoms with Crippen molar-refractivity contribution in [3.05, 3.63) is 59.2 Å². The minimum atomic E-state index is -0.472. The van der Waals surface area contributed by atoms with Gasteiger partial charge in [0.05, 0.1) is 0 Å². The summed E-state index contributed by atoms with van der Waals surface area (Å²) in [5.74, 6) is -1.45. The lowest BCUT2D eigenvalue weighted by Crippen LogP contribution is -2.37. The van der Waals surface area contributed by atoms with Gasteiger partial charge in [-0.3, -0.25) is 4.79 Å². The summed E-state index contributed by atoms with van der Waals surface area (Å²) < 4.78 is 27.3. The summed E-state index contributed by atoms with van der Waals surface area (Å²) >= 11 is 0. The first-order valence-corrected chi connectivity index (χ1v) is 8.20. The van der Waals surface area contributed by atoms with Gasteiger partial charge in [-0.25, -0.2) is 8.78 Å². The third-order valence-electron chi connectivity index (χ3n) is 5.02. The number of nitrogen functional groups attached to an aromatic ring is 1. The van der Waals surface area contributed by atoms with Crippen LogP contribution in [0.1, 0.15) is 29.9 Å². The van der Waals surface area contributed by atoms with Crippen molar-refractivity contribution in [3.63, 3.8) is 0 Å². The van der Waals surface area contributed by atoms with Crippen molar-refractivity contribution in [2.75, 3.05) is 17.2 Å². The zero-order valence-corrected chi connectivity index (χ0v) is 14.4. The van der Waals surface area contributed by atoms with Crippen LogP contribution in [0.25, 0.3) is 0 Å². The van der Waals surface area contributed by atoms with Gasteiger partial charge in [0.2, 0.25) is 5.91 Å². The van der Waals surface area contributed by atoms with Crippen molar-refractivity contribution < 1.29 is 13.6 Å². The Morgan fingerprint density at radius 2 is 2.00 bits per heavy atom. The molecule has 2 N–H and O–H groups in total. The van der Waals surface area contributed by atoms with Crippen LogP contribution in [0.5, 0.6) is 0 Å². The molecule has 4 rings (SSSR count). The average molecular weight is 365 g/mol. The van der Waals surface area contributed by atoms with Crippen molar-refractivity contribution in [1.82, 2.24) is 0 Å². The molecule has 1 fully saturated rings. The van der Waals surface area contributed by atoms with Gasteiger partial charge in [0.25, 0.3) is 0 Å². The highest BCUT2D eigenvalue weighted by molar-refractivity contribution is 5.99. The molecule has 0 radical (unpaired) electrons. The van der Waals surface area contributed by atoms with Crippen LogP contribution in [-0.4, -0.2) is 12.5 Å². The van der Waals surface area contributed by atoms with E-state index in [-0.39, 0.29) is 30.2 Å². The largest absolute Gasteiger partial charge is 0.398 e. The molecule has 2 aromatic carbocycles. The molecule has 0 saturated heterocycles. The lowest BCUT2D eigenvalue weighted by molar-refractivity contribution is -0.120.